The molecule has 6 nitrogen and oxygen atoms in total. The molecule has 0 aromatic carbocycles. The van der Waals surface area contributed by atoms with Gasteiger partial charge in [-0.15, -0.1) is 0 Å². The standard InChI is InChI=1S/C7H9N3O3/c1-13-7-3-5(4-8)2-6(9-7)10(11)12/h2-3H,4,8H2,1H3. The van der Waals surface area contributed by atoms with Crippen molar-refractivity contribution in [1.29, 1.82) is 0 Å². The van der Waals surface area contributed by atoms with Crippen LogP contribution in [0.2, 0.25) is 0 Å². The van der Waals surface area contributed by atoms with Gasteiger partial charge in [-0.2, -0.15) is 0 Å². The average molecular weight is 183 g/mol. The third-order valence-electron chi connectivity index (χ3n) is 1.48. The monoisotopic (exact) mass is 183 g/mol. The smallest absolute Gasteiger partial charge is 0.368 e. The molecule has 13 heavy (non-hydrogen) atoms. The summed E-state index contributed by atoms with van der Waals surface area (Å²) >= 11 is 0. The van der Waals surface area contributed by atoms with E-state index in [1.807, 2.05) is 0 Å². The fourth-order valence-corrected chi connectivity index (χ4v) is 0.859. The van der Waals surface area contributed by atoms with Crippen molar-refractivity contribution in [1.82, 2.24) is 4.98 Å². The minimum atomic E-state index is -0.582. The number of pyridine rings is 1. The fourth-order valence-electron chi connectivity index (χ4n) is 0.859. The van der Waals surface area contributed by atoms with Crippen molar-refractivity contribution in [2.75, 3.05) is 7.11 Å². The van der Waals surface area contributed by atoms with Crippen molar-refractivity contribution in [2.24, 2.45) is 5.73 Å². The molecule has 0 saturated heterocycles. The Morgan fingerprint density at radius 2 is 2.38 bits per heavy atom. The molecule has 0 bridgehead atoms. The number of aromatic nitrogens is 1. The predicted octanol–water partition coefficient (Wildman–Crippen LogP) is 0.457. The number of ether oxygens (including phenoxy) is 1. The Hall–Kier alpha value is -1.69. The third-order valence-corrected chi connectivity index (χ3v) is 1.48. The lowest BCUT2D eigenvalue weighted by Crippen LogP contribution is -2.01. The van der Waals surface area contributed by atoms with Crippen molar-refractivity contribution in [2.45, 2.75) is 6.54 Å². The van der Waals surface area contributed by atoms with Crippen LogP contribution in [0.5, 0.6) is 5.88 Å². The Kier molecular flexibility index (Phi) is 2.76. The summed E-state index contributed by atoms with van der Waals surface area (Å²) in [7, 11) is 1.40. The van der Waals surface area contributed by atoms with Crippen LogP contribution >= 0.6 is 0 Å². The Bertz CT molecular complexity index is 305. The molecule has 0 amide bonds. The molecule has 1 aromatic rings. The second-order valence-electron chi connectivity index (χ2n) is 2.34. The molecule has 0 spiro atoms. The molecule has 0 unspecified atom stereocenters. The molecule has 0 radical (unpaired) electrons. The van der Waals surface area contributed by atoms with E-state index in [1.165, 1.54) is 13.2 Å². The molecule has 1 aromatic heterocycles. The number of methoxy groups -OCH3 is 1. The zero-order valence-corrected chi connectivity index (χ0v) is 7.06. The summed E-state index contributed by atoms with van der Waals surface area (Å²) in [5, 5.41) is 10.4. The zero-order chi connectivity index (χ0) is 9.84. The van der Waals surface area contributed by atoms with Crippen molar-refractivity contribution < 1.29 is 9.66 Å². The van der Waals surface area contributed by atoms with Gasteiger partial charge in [-0.05, 0) is 10.5 Å². The molecule has 1 rings (SSSR count). The van der Waals surface area contributed by atoms with Crippen molar-refractivity contribution in [3.05, 3.63) is 27.8 Å². The predicted molar refractivity (Wildman–Crippen MR) is 45.3 cm³/mol. The maximum Gasteiger partial charge on any atom is 0.368 e. The first kappa shape index (κ1) is 9.40. The van der Waals surface area contributed by atoms with Gasteiger partial charge in [0, 0.05) is 23.7 Å². The van der Waals surface area contributed by atoms with Gasteiger partial charge in [0.1, 0.15) is 0 Å². The van der Waals surface area contributed by atoms with E-state index < -0.39 is 4.92 Å². The first-order chi connectivity index (χ1) is 6.17. The normalized spacial score (nSPS) is 9.69. The highest BCUT2D eigenvalue weighted by Gasteiger charge is 2.12. The van der Waals surface area contributed by atoms with Crippen LogP contribution < -0.4 is 10.5 Å². The first-order valence-corrected chi connectivity index (χ1v) is 3.56. The summed E-state index contributed by atoms with van der Waals surface area (Å²) in [6.45, 7) is 0.222. The highest BCUT2D eigenvalue weighted by Crippen LogP contribution is 2.16. The minimum Gasteiger partial charge on any atom is -0.463 e. The van der Waals surface area contributed by atoms with Crippen LogP contribution in [0.15, 0.2) is 12.1 Å². The number of hydrogen-bond acceptors (Lipinski definition) is 5. The maximum absolute atomic E-state index is 10.4. The number of nitro groups is 1. The van der Waals surface area contributed by atoms with Gasteiger partial charge in [0.15, 0.2) is 0 Å². The maximum atomic E-state index is 10.4. The lowest BCUT2D eigenvalue weighted by Gasteiger charge is -1.98. The molecular weight excluding hydrogens is 174 g/mol. The van der Waals surface area contributed by atoms with Gasteiger partial charge in [-0.3, -0.25) is 0 Å². The van der Waals surface area contributed by atoms with Crippen LogP contribution in [-0.2, 0) is 6.54 Å². The molecule has 6 heteroatoms. The van der Waals surface area contributed by atoms with Crippen LogP contribution in [0.4, 0.5) is 5.82 Å². The first-order valence-electron chi connectivity index (χ1n) is 3.56. The number of hydrogen-bond donors (Lipinski definition) is 1. The van der Waals surface area contributed by atoms with E-state index in [0.717, 1.165) is 0 Å². The van der Waals surface area contributed by atoms with Gasteiger partial charge >= 0.3 is 11.7 Å². The van der Waals surface area contributed by atoms with Gasteiger partial charge in [0.2, 0.25) is 0 Å². The van der Waals surface area contributed by atoms with Gasteiger partial charge in [0.05, 0.1) is 7.11 Å². The molecule has 0 aliphatic heterocycles. The lowest BCUT2D eigenvalue weighted by molar-refractivity contribution is -0.389. The van der Waals surface area contributed by atoms with Crippen molar-refractivity contribution >= 4 is 5.82 Å². The van der Waals surface area contributed by atoms with Gasteiger partial charge in [-0.25, -0.2) is 0 Å². The van der Waals surface area contributed by atoms with Crippen LogP contribution in [-0.4, -0.2) is 17.0 Å². The van der Waals surface area contributed by atoms with Crippen molar-refractivity contribution in [3.8, 4) is 5.88 Å². The van der Waals surface area contributed by atoms with E-state index in [0.29, 0.717) is 5.56 Å². The van der Waals surface area contributed by atoms with Gasteiger partial charge in [0.25, 0.3) is 0 Å². The largest absolute Gasteiger partial charge is 0.463 e. The lowest BCUT2D eigenvalue weighted by atomic mass is 10.2. The highest BCUT2D eigenvalue weighted by atomic mass is 16.6. The molecule has 0 aliphatic carbocycles. The second-order valence-corrected chi connectivity index (χ2v) is 2.34. The second kappa shape index (κ2) is 3.81. The fraction of sp³-hybridized carbons (Fsp3) is 0.286. The molecule has 0 aliphatic rings. The van der Waals surface area contributed by atoms with E-state index in [4.69, 9.17) is 10.5 Å². The Labute approximate surface area is 74.5 Å². The van der Waals surface area contributed by atoms with Crippen LogP contribution in [0, 0.1) is 10.1 Å². The SMILES string of the molecule is COc1cc(CN)cc([N+](=O)[O-])n1. The molecule has 1 heterocycles. The summed E-state index contributed by atoms with van der Waals surface area (Å²) in [5.74, 6) is -0.0468. The minimum absolute atomic E-state index is 0.203. The highest BCUT2D eigenvalue weighted by molar-refractivity contribution is 5.32. The van der Waals surface area contributed by atoms with E-state index in [1.54, 1.807) is 6.07 Å². The third kappa shape index (κ3) is 2.12. The summed E-state index contributed by atoms with van der Waals surface area (Å²) in [4.78, 5) is 13.4. The summed E-state index contributed by atoms with van der Waals surface area (Å²) in [6, 6.07) is 2.88. The number of nitrogens with two attached hydrogens (primary N) is 1. The van der Waals surface area contributed by atoms with Crippen LogP contribution in [0.25, 0.3) is 0 Å². The van der Waals surface area contributed by atoms with E-state index in [2.05, 4.69) is 4.98 Å². The van der Waals surface area contributed by atoms with Crippen LogP contribution in [0.1, 0.15) is 5.56 Å². The van der Waals surface area contributed by atoms with Gasteiger partial charge < -0.3 is 20.6 Å². The Morgan fingerprint density at radius 1 is 1.69 bits per heavy atom. The summed E-state index contributed by atoms with van der Waals surface area (Å²) in [5.41, 5.74) is 5.96. The van der Waals surface area contributed by atoms with Crippen LogP contribution in [0.3, 0.4) is 0 Å². The average Bonchev–Trinajstić information content (AvgIpc) is 2.16. The Balaban J connectivity index is 3.14. The zero-order valence-electron chi connectivity index (χ0n) is 7.06. The molecule has 0 saturated carbocycles. The topological polar surface area (TPSA) is 91.3 Å². The number of rotatable bonds is 3. The van der Waals surface area contributed by atoms with Crippen molar-refractivity contribution in [3.63, 3.8) is 0 Å². The van der Waals surface area contributed by atoms with E-state index in [-0.39, 0.29) is 18.2 Å². The summed E-state index contributed by atoms with van der Waals surface area (Å²) < 4.78 is 4.78. The summed E-state index contributed by atoms with van der Waals surface area (Å²) in [6.07, 6.45) is 0. The number of nitrogens with zero attached hydrogens (tertiary/aromatic N) is 2. The molecule has 2 N–H and O–H groups in total. The quantitative estimate of drug-likeness (QED) is 0.542. The van der Waals surface area contributed by atoms with E-state index >= 15 is 0 Å². The molecular formula is C7H9N3O3. The van der Waals surface area contributed by atoms with Gasteiger partial charge in [-0.1, -0.05) is 0 Å². The molecule has 0 fully saturated rings. The molecule has 0 atom stereocenters. The molecule has 70 valence electrons. The Morgan fingerprint density at radius 3 is 2.85 bits per heavy atom. The van der Waals surface area contributed by atoms with E-state index in [9.17, 15) is 10.1 Å².